The largest absolute Gasteiger partial charge is 0.573 e. The van der Waals surface area contributed by atoms with Gasteiger partial charge in [-0.1, -0.05) is 0 Å². The molecule has 0 bridgehead atoms. The van der Waals surface area contributed by atoms with Crippen molar-refractivity contribution in [3.8, 4) is 22.6 Å². The van der Waals surface area contributed by atoms with Crippen LogP contribution in [0, 0.1) is 7.14 Å². The van der Waals surface area contributed by atoms with Crippen molar-refractivity contribution in [1.82, 2.24) is 0 Å². The molecule has 23 heavy (non-hydrogen) atoms. The molecule has 2 aromatic rings. The molecule has 2 nitrogen and oxygen atoms in total. The van der Waals surface area contributed by atoms with Crippen LogP contribution in [-0.2, 0) is 0 Å². The molecule has 3 rings (SSSR count). The molecule has 0 unspecified atom stereocenters. The molecule has 1 aliphatic rings. The summed E-state index contributed by atoms with van der Waals surface area (Å²) in [6.07, 6.45) is -9.57. The van der Waals surface area contributed by atoms with Gasteiger partial charge in [-0.2, -0.15) is 0 Å². The van der Waals surface area contributed by atoms with Crippen LogP contribution in [-0.4, -0.2) is 12.7 Å². The summed E-state index contributed by atoms with van der Waals surface area (Å²) in [4.78, 5) is 0. The monoisotopic (exact) mass is 447 g/mol. The molecule has 0 amide bonds. The van der Waals surface area contributed by atoms with Crippen LogP contribution in [0.3, 0.4) is 0 Å². The quantitative estimate of drug-likeness (QED) is 0.439. The number of hydrogen-bond donors (Lipinski definition) is 0. The molecular formula is C14H6F6IO2+. The lowest BCUT2D eigenvalue weighted by Gasteiger charge is -2.08. The summed E-state index contributed by atoms with van der Waals surface area (Å²) in [5.74, 6) is -0.675. The minimum atomic E-state index is -4.79. The standard InChI is InChI=1S/C14H6F6IO2/c15-13(16,17)22-7-1-3-9-10-4-2-8(23-14(18,19)20)6-12(10)21-11(9)5-7/h1-6H/q+1. The van der Waals surface area contributed by atoms with E-state index < -0.39 is 33.9 Å². The van der Waals surface area contributed by atoms with Crippen molar-refractivity contribution >= 4 is 0 Å². The van der Waals surface area contributed by atoms with Crippen molar-refractivity contribution in [2.24, 2.45) is 0 Å². The van der Waals surface area contributed by atoms with E-state index in [1.54, 1.807) is 0 Å². The summed E-state index contributed by atoms with van der Waals surface area (Å²) in [7, 11) is 0. The van der Waals surface area contributed by atoms with Gasteiger partial charge in [-0.3, -0.25) is 0 Å². The van der Waals surface area contributed by atoms with Gasteiger partial charge in [0.2, 0.25) is 7.14 Å². The second-order valence-corrected chi connectivity index (χ2v) is 7.34. The molecule has 0 atom stereocenters. The number of rotatable bonds is 2. The maximum Gasteiger partial charge on any atom is 0.573 e. The Morgan fingerprint density at radius 2 is 1.04 bits per heavy atom. The third-order valence-electron chi connectivity index (χ3n) is 2.84. The van der Waals surface area contributed by atoms with E-state index in [4.69, 9.17) is 0 Å². The molecule has 0 fully saturated rings. The Morgan fingerprint density at radius 1 is 0.652 bits per heavy atom. The molecule has 122 valence electrons. The van der Waals surface area contributed by atoms with Gasteiger partial charge in [0, 0.05) is 23.3 Å². The molecule has 1 heterocycles. The summed E-state index contributed by atoms with van der Waals surface area (Å²) in [5.41, 5.74) is 1.42. The number of fused-ring (bicyclic) bond motifs is 3. The molecule has 0 saturated heterocycles. The Balaban J connectivity index is 1.88. The highest BCUT2D eigenvalue weighted by Crippen LogP contribution is 2.31. The van der Waals surface area contributed by atoms with E-state index in [0.29, 0.717) is 18.3 Å². The van der Waals surface area contributed by atoms with Gasteiger partial charge in [0.25, 0.3) is 0 Å². The first kappa shape index (κ1) is 16.2. The lowest BCUT2D eigenvalue weighted by molar-refractivity contribution is -0.590. The fraction of sp³-hybridized carbons (Fsp3) is 0.143. The first-order chi connectivity index (χ1) is 10.6. The summed E-state index contributed by atoms with van der Waals surface area (Å²) >= 11 is -0.911. The fourth-order valence-corrected chi connectivity index (χ4v) is 5.16. The third-order valence-corrected chi connectivity index (χ3v) is 5.79. The van der Waals surface area contributed by atoms with E-state index in [1.165, 1.54) is 36.4 Å². The van der Waals surface area contributed by atoms with Crippen LogP contribution in [0.15, 0.2) is 36.4 Å². The van der Waals surface area contributed by atoms with E-state index in [1.807, 2.05) is 0 Å². The van der Waals surface area contributed by atoms with E-state index in [2.05, 4.69) is 9.47 Å². The number of halogens is 7. The average Bonchev–Trinajstić information content (AvgIpc) is 2.71. The Bertz CT molecular complexity index is 690. The van der Waals surface area contributed by atoms with Gasteiger partial charge >= 0.3 is 33.9 Å². The van der Waals surface area contributed by atoms with Crippen LogP contribution in [0.4, 0.5) is 26.3 Å². The maximum absolute atomic E-state index is 12.2. The molecular weight excluding hydrogens is 441 g/mol. The molecule has 2 aromatic carbocycles. The SMILES string of the molecule is FC(F)(F)Oc1ccc2c(c1)[I+]c1cc(OC(F)(F)F)ccc1-2. The number of benzene rings is 2. The normalized spacial score (nSPS) is 13.5. The summed E-state index contributed by atoms with van der Waals surface area (Å²) in [6.45, 7) is 0. The van der Waals surface area contributed by atoms with Gasteiger partial charge in [0.1, 0.15) is 11.5 Å². The van der Waals surface area contributed by atoms with Crippen LogP contribution in [0.5, 0.6) is 11.5 Å². The van der Waals surface area contributed by atoms with Gasteiger partial charge in [-0.25, -0.2) is 0 Å². The lowest BCUT2D eigenvalue weighted by atomic mass is 10.1. The Morgan fingerprint density at radius 3 is 1.39 bits per heavy atom. The minimum absolute atomic E-state index is 0.337. The van der Waals surface area contributed by atoms with E-state index in [-0.39, 0.29) is 11.5 Å². The number of alkyl halides is 6. The van der Waals surface area contributed by atoms with Crippen molar-refractivity contribution in [2.75, 3.05) is 0 Å². The minimum Gasteiger partial charge on any atom is -0.406 e. The second-order valence-electron chi connectivity index (χ2n) is 4.47. The summed E-state index contributed by atoms with van der Waals surface area (Å²) < 4.78 is 82.4. The van der Waals surface area contributed by atoms with Gasteiger partial charge in [-0.05, 0) is 24.3 Å². The van der Waals surface area contributed by atoms with E-state index >= 15 is 0 Å². The zero-order chi connectivity index (χ0) is 16.8. The maximum atomic E-state index is 12.2. The third kappa shape index (κ3) is 3.82. The second kappa shape index (κ2) is 5.46. The average molecular weight is 447 g/mol. The predicted molar refractivity (Wildman–Crippen MR) is 62.6 cm³/mol. The lowest BCUT2D eigenvalue weighted by Crippen LogP contribution is -3.61. The van der Waals surface area contributed by atoms with Gasteiger partial charge in [-0.15, -0.1) is 26.3 Å². The number of hydrogen-bond acceptors (Lipinski definition) is 2. The predicted octanol–water partition coefficient (Wildman–Crippen LogP) is 1.59. The van der Waals surface area contributed by atoms with Crippen molar-refractivity contribution < 1.29 is 57.0 Å². The van der Waals surface area contributed by atoms with Crippen LogP contribution in [0.25, 0.3) is 11.1 Å². The molecule has 0 aliphatic carbocycles. The fourth-order valence-electron chi connectivity index (χ4n) is 2.09. The Hall–Kier alpha value is -1.65. The van der Waals surface area contributed by atoms with Crippen LogP contribution >= 0.6 is 0 Å². The topological polar surface area (TPSA) is 18.5 Å². The molecule has 0 saturated carbocycles. The van der Waals surface area contributed by atoms with Gasteiger partial charge in [0.15, 0.2) is 0 Å². The molecule has 1 aliphatic heterocycles. The Kier molecular flexibility index (Phi) is 3.85. The first-order valence-electron chi connectivity index (χ1n) is 6.05. The van der Waals surface area contributed by atoms with Gasteiger partial charge in [0.05, 0.1) is 0 Å². The van der Waals surface area contributed by atoms with Crippen molar-refractivity contribution in [2.45, 2.75) is 12.7 Å². The molecule has 0 radical (unpaired) electrons. The van der Waals surface area contributed by atoms with Crippen molar-refractivity contribution in [3.05, 3.63) is 43.5 Å². The molecule has 0 aromatic heterocycles. The Labute approximate surface area is 136 Å². The van der Waals surface area contributed by atoms with Crippen molar-refractivity contribution in [3.63, 3.8) is 0 Å². The smallest absolute Gasteiger partial charge is 0.406 e. The number of ether oxygens (including phenoxy) is 2. The van der Waals surface area contributed by atoms with Crippen LogP contribution in [0.2, 0.25) is 0 Å². The van der Waals surface area contributed by atoms with E-state index in [9.17, 15) is 26.3 Å². The highest BCUT2D eigenvalue weighted by molar-refractivity contribution is 5.66. The highest BCUT2D eigenvalue weighted by atomic mass is 127. The molecule has 0 N–H and O–H groups in total. The van der Waals surface area contributed by atoms with Crippen LogP contribution in [0.1, 0.15) is 0 Å². The highest BCUT2D eigenvalue weighted by Gasteiger charge is 2.38. The summed E-state index contributed by atoms with van der Waals surface area (Å²) in [6, 6.07) is 7.88. The van der Waals surface area contributed by atoms with E-state index in [0.717, 1.165) is 0 Å². The van der Waals surface area contributed by atoms with Crippen LogP contribution < -0.4 is 30.7 Å². The molecule has 0 spiro atoms. The van der Waals surface area contributed by atoms with Crippen molar-refractivity contribution in [1.29, 1.82) is 0 Å². The zero-order valence-electron chi connectivity index (χ0n) is 10.9. The zero-order valence-corrected chi connectivity index (χ0v) is 13.1. The first-order valence-corrected chi connectivity index (χ1v) is 8.21. The summed E-state index contributed by atoms with van der Waals surface area (Å²) in [5, 5.41) is 0. The molecule has 9 heteroatoms. The van der Waals surface area contributed by atoms with Gasteiger partial charge < -0.3 is 9.47 Å².